The Balaban J connectivity index is 1.67. The van der Waals surface area contributed by atoms with E-state index in [2.05, 4.69) is 15.5 Å². The average molecular weight is 419 g/mol. The predicted molar refractivity (Wildman–Crippen MR) is 104 cm³/mol. The van der Waals surface area contributed by atoms with Crippen molar-refractivity contribution in [1.29, 1.82) is 0 Å². The van der Waals surface area contributed by atoms with Gasteiger partial charge in [0, 0.05) is 11.6 Å². The lowest BCUT2D eigenvalue weighted by molar-refractivity contribution is -0.138. The molecule has 2 aromatic carbocycles. The van der Waals surface area contributed by atoms with E-state index in [-0.39, 0.29) is 23.9 Å². The Morgan fingerprint density at radius 1 is 1.28 bits per heavy atom. The van der Waals surface area contributed by atoms with Crippen molar-refractivity contribution >= 4 is 35.0 Å². The maximum atomic E-state index is 13.7. The number of rotatable bonds is 7. The predicted octanol–water partition coefficient (Wildman–Crippen LogP) is 2.94. The Morgan fingerprint density at radius 2 is 2.07 bits per heavy atom. The molecule has 1 atom stereocenters. The number of ether oxygens (including phenoxy) is 1. The van der Waals surface area contributed by atoms with Gasteiger partial charge in [-0.2, -0.15) is 5.10 Å². The zero-order valence-electron chi connectivity index (χ0n) is 14.8. The number of carboxylic acids is 1. The summed E-state index contributed by atoms with van der Waals surface area (Å²) in [4.78, 5) is 22.4. The highest BCUT2D eigenvalue weighted by atomic mass is 32.2. The van der Waals surface area contributed by atoms with Crippen molar-refractivity contribution in [2.24, 2.45) is 10.2 Å². The summed E-state index contributed by atoms with van der Waals surface area (Å²) in [5.74, 6) is -2.99. The zero-order chi connectivity index (χ0) is 20.8. The fourth-order valence-electron chi connectivity index (χ4n) is 2.42. The molecule has 1 aliphatic rings. The average Bonchev–Trinajstić information content (AvgIpc) is 3.02. The van der Waals surface area contributed by atoms with E-state index in [0.29, 0.717) is 11.1 Å². The van der Waals surface area contributed by atoms with Crippen LogP contribution in [0, 0.1) is 11.6 Å². The highest BCUT2D eigenvalue weighted by Crippen LogP contribution is 2.22. The van der Waals surface area contributed by atoms with Crippen molar-refractivity contribution in [1.82, 2.24) is 5.32 Å². The molecule has 3 rings (SSSR count). The van der Waals surface area contributed by atoms with E-state index >= 15 is 0 Å². The molecule has 0 aliphatic carbocycles. The molecule has 0 radical (unpaired) electrons. The van der Waals surface area contributed by atoms with Crippen LogP contribution in [0.4, 0.5) is 8.78 Å². The molecule has 2 aromatic rings. The van der Waals surface area contributed by atoms with Crippen molar-refractivity contribution in [2.45, 2.75) is 18.3 Å². The van der Waals surface area contributed by atoms with Crippen LogP contribution in [0.15, 0.2) is 52.7 Å². The normalized spacial score (nSPS) is 17.7. The molecule has 29 heavy (non-hydrogen) atoms. The van der Waals surface area contributed by atoms with Crippen LogP contribution in [0.5, 0.6) is 5.75 Å². The van der Waals surface area contributed by atoms with Crippen LogP contribution >= 0.6 is 11.8 Å². The first kappa shape index (κ1) is 20.5. The number of carbonyl (C=O) groups excluding carboxylic acids is 1. The molecule has 0 bridgehead atoms. The van der Waals surface area contributed by atoms with Crippen molar-refractivity contribution in [3.05, 3.63) is 65.2 Å². The number of carboxylic acid groups (broad SMARTS) is 1. The smallest absolute Gasteiger partial charge is 0.305 e. The first-order chi connectivity index (χ1) is 13.9. The Morgan fingerprint density at radius 3 is 2.86 bits per heavy atom. The monoisotopic (exact) mass is 419 g/mol. The lowest BCUT2D eigenvalue weighted by Crippen LogP contribution is -2.26. The molecule has 150 valence electrons. The number of hydrogen-bond donors (Lipinski definition) is 2. The number of amidine groups is 1. The summed E-state index contributed by atoms with van der Waals surface area (Å²) in [5, 5.41) is 18.5. The molecule has 10 heteroatoms. The molecule has 1 amide bonds. The van der Waals surface area contributed by atoms with Gasteiger partial charge in [0.1, 0.15) is 17.7 Å². The third-order valence-electron chi connectivity index (χ3n) is 3.81. The molecule has 1 unspecified atom stereocenters. The lowest BCUT2D eigenvalue weighted by atomic mass is 10.1. The Bertz CT molecular complexity index is 997. The number of halogens is 2. The van der Waals surface area contributed by atoms with Crippen molar-refractivity contribution in [3.63, 3.8) is 0 Å². The number of nitrogens with one attached hydrogen (secondary N) is 1. The van der Waals surface area contributed by atoms with E-state index in [4.69, 9.17) is 9.84 Å². The fraction of sp³-hybridized carbons (Fsp3) is 0.158. The molecule has 1 fully saturated rings. The maximum absolute atomic E-state index is 13.7. The van der Waals surface area contributed by atoms with E-state index in [0.717, 1.165) is 30.0 Å². The van der Waals surface area contributed by atoms with Crippen LogP contribution in [-0.2, 0) is 16.2 Å². The van der Waals surface area contributed by atoms with Gasteiger partial charge in [0.2, 0.25) is 5.91 Å². The van der Waals surface area contributed by atoms with Gasteiger partial charge in [0.25, 0.3) is 0 Å². The second-order valence-electron chi connectivity index (χ2n) is 5.91. The van der Waals surface area contributed by atoms with Gasteiger partial charge in [-0.05, 0) is 17.7 Å². The molecule has 1 heterocycles. The minimum atomic E-state index is -1.08. The van der Waals surface area contributed by atoms with Gasteiger partial charge in [0.15, 0.2) is 16.7 Å². The van der Waals surface area contributed by atoms with Gasteiger partial charge < -0.3 is 15.2 Å². The van der Waals surface area contributed by atoms with Crippen LogP contribution in [0.3, 0.4) is 0 Å². The molecule has 2 N–H and O–H groups in total. The van der Waals surface area contributed by atoms with Crippen LogP contribution in [-0.4, -0.2) is 33.6 Å². The SMILES string of the molecule is O=C(O)CC1SC(=NN=Cc2ccccc2COc2cc(F)ccc2F)NC1=O. The number of nitrogens with zero attached hydrogens (tertiary/aromatic N) is 2. The quantitative estimate of drug-likeness (QED) is 0.531. The highest BCUT2D eigenvalue weighted by Gasteiger charge is 2.32. The molecular formula is C19H15F2N3O4S. The third-order valence-corrected chi connectivity index (χ3v) is 4.89. The molecule has 7 nitrogen and oxygen atoms in total. The van der Waals surface area contributed by atoms with E-state index in [1.807, 2.05) is 0 Å². The topological polar surface area (TPSA) is 100 Å². The number of amides is 1. The van der Waals surface area contributed by atoms with E-state index in [9.17, 15) is 18.4 Å². The molecule has 0 aromatic heterocycles. The number of thioether (sulfide) groups is 1. The Kier molecular flexibility index (Phi) is 6.55. The van der Waals surface area contributed by atoms with Crippen molar-refractivity contribution in [3.8, 4) is 5.75 Å². The number of carbonyl (C=O) groups is 2. The van der Waals surface area contributed by atoms with Gasteiger partial charge in [-0.15, -0.1) is 5.10 Å². The molecule has 0 saturated carbocycles. The number of benzene rings is 2. The maximum Gasteiger partial charge on any atom is 0.305 e. The summed E-state index contributed by atoms with van der Waals surface area (Å²) in [6.07, 6.45) is 1.11. The summed E-state index contributed by atoms with van der Waals surface area (Å²) in [5.41, 5.74) is 1.29. The molecule has 1 aliphatic heterocycles. The summed E-state index contributed by atoms with van der Waals surface area (Å²) in [6.45, 7) is -0.0225. The third kappa shape index (κ3) is 5.61. The van der Waals surface area contributed by atoms with E-state index in [1.54, 1.807) is 24.3 Å². The standard InChI is InChI=1S/C19H15F2N3O4S/c20-13-5-6-14(21)15(7-13)28-10-12-4-2-1-3-11(12)9-22-24-19-23-18(27)16(29-19)8-17(25)26/h1-7,9,16H,8,10H2,(H,25,26)(H,23,24,27). The first-order valence-electron chi connectivity index (χ1n) is 8.38. The summed E-state index contributed by atoms with van der Waals surface area (Å²) < 4.78 is 32.3. The second-order valence-corrected chi connectivity index (χ2v) is 7.10. The minimum absolute atomic E-state index is 0.0225. The first-order valence-corrected chi connectivity index (χ1v) is 9.26. The summed E-state index contributed by atoms with van der Waals surface area (Å²) in [6, 6.07) is 9.94. The van der Waals surface area contributed by atoms with Crippen LogP contribution in [0.25, 0.3) is 0 Å². The van der Waals surface area contributed by atoms with Gasteiger partial charge in [-0.1, -0.05) is 36.0 Å². The van der Waals surface area contributed by atoms with Gasteiger partial charge in [-0.3, -0.25) is 9.59 Å². The van der Waals surface area contributed by atoms with E-state index < -0.39 is 28.8 Å². The number of aliphatic carboxylic acids is 1. The van der Waals surface area contributed by atoms with Crippen molar-refractivity contribution < 1.29 is 28.2 Å². The van der Waals surface area contributed by atoms with Crippen LogP contribution in [0.2, 0.25) is 0 Å². The highest BCUT2D eigenvalue weighted by molar-refractivity contribution is 8.15. The van der Waals surface area contributed by atoms with Crippen LogP contribution in [0.1, 0.15) is 17.5 Å². The largest absolute Gasteiger partial charge is 0.486 e. The summed E-state index contributed by atoms with van der Waals surface area (Å²) >= 11 is 0.990. The number of hydrogen-bond acceptors (Lipinski definition) is 6. The van der Waals surface area contributed by atoms with Gasteiger partial charge >= 0.3 is 5.97 Å². The Labute approximate surface area is 168 Å². The second kappa shape index (κ2) is 9.28. The van der Waals surface area contributed by atoms with Crippen LogP contribution < -0.4 is 10.1 Å². The van der Waals surface area contributed by atoms with Crippen molar-refractivity contribution in [2.75, 3.05) is 0 Å². The minimum Gasteiger partial charge on any atom is -0.486 e. The zero-order valence-corrected chi connectivity index (χ0v) is 15.7. The summed E-state index contributed by atoms with van der Waals surface area (Å²) in [7, 11) is 0. The van der Waals surface area contributed by atoms with E-state index in [1.165, 1.54) is 6.21 Å². The lowest BCUT2D eigenvalue weighted by Gasteiger charge is -2.09. The fourth-order valence-corrected chi connectivity index (χ4v) is 3.34. The molecular weight excluding hydrogens is 404 g/mol. The molecule has 1 saturated heterocycles. The Hall–Kier alpha value is -3.27. The van der Waals surface area contributed by atoms with Gasteiger partial charge in [0.05, 0.1) is 12.6 Å². The molecule has 0 spiro atoms. The van der Waals surface area contributed by atoms with Gasteiger partial charge in [-0.25, -0.2) is 8.78 Å².